The van der Waals surface area contributed by atoms with Crippen LogP contribution in [0.1, 0.15) is 33.5 Å². The molecular formula is C19H18N2O5. The Morgan fingerprint density at radius 2 is 2.04 bits per heavy atom. The quantitative estimate of drug-likeness (QED) is 0.904. The Labute approximate surface area is 150 Å². The van der Waals surface area contributed by atoms with Gasteiger partial charge in [0.2, 0.25) is 12.7 Å². The first-order valence-corrected chi connectivity index (χ1v) is 8.47. The van der Waals surface area contributed by atoms with E-state index < -0.39 is 5.97 Å². The van der Waals surface area contributed by atoms with Gasteiger partial charge in [-0.15, -0.1) is 0 Å². The lowest BCUT2D eigenvalue weighted by Crippen LogP contribution is -2.36. The van der Waals surface area contributed by atoms with Crippen LogP contribution in [0, 0.1) is 0 Å². The number of amides is 1. The largest absolute Gasteiger partial charge is 0.478 e. The third kappa shape index (κ3) is 3.08. The van der Waals surface area contributed by atoms with Gasteiger partial charge in [0.25, 0.3) is 0 Å². The fourth-order valence-corrected chi connectivity index (χ4v) is 3.40. The van der Waals surface area contributed by atoms with Crippen LogP contribution >= 0.6 is 0 Å². The molecule has 2 aliphatic rings. The maximum absolute atomic E-state index is 12.6. The predicted octanol–water partition coefficient (Wildman–Crippen LogP) is 2.03. The molecule has 0 atom stereocenters. The highest BCUT2D eigenvalue weighted by Gasteiger charge is 2.24. The second-order valence-corrected chi connectivity index (χ2v) is 6.38. The molecule has 7 heteroatoms. The van der Waals surface area contributed by atoms with E-state index in [2.05, 4.69) is 4.98 Å². The smallest absolute Gasteiger partial charge is 0.337 e. The summed E-state index contributed by atoms with van der Waals surface area (Å²) in [6.07, 6.45) is 4.57. The molecule has 1 amide bonds. The molecule has 2 aromatic rings. The van der Waals surface area contributed by atoms with Crippen LogP contribution in [0.5, 0.6) is 11.5 Å². The highest BCUT2D eigenvalue weighted by Crippen LogP contribution is 2.33. The lowest BCUT2D eigenvalue weighted by molar-refractivity contribution is -0.132. The number of carboxylic acids is 1. The molecule has 2 aliphatic heterocycles. The van der Waals surface area contributed by atoms with Gasteiger partial charge in [0.05, 0.1) is 5.56 Å². The van der Waals surface area contributed by atoms with Crippen LogP contribution in [-0.4, -0.2) is 40.2 Å². The summed E-state index contributed by atoms with van der Waals surface area (Å²) in [4.78, 5) is 29.6. The van der Waals surface area contributed by atoms with Crippen LogP contribution in [0.2, 0.25) is 0 Å². The van der Waals surface area contributed by atoms with Gasteiger partial charge in [-0.05, 0) is 41.7 Å². The van der Waals surface area contributed by atoms with Gasteiger partial charge in [0.15, 0.2) is 11.5 Å². The molecule has 0 fully saturated rings. The van der Waals surface area contributed by atoms with Crippen LogP contribution in [0.4, 0.5) is 0 Å². The van der Waals surface area contributed by atoms with Crippen LogP contribution in [0.3, 0.4) is 0 Å². The van der Waals surface area contributed by atoms with E-state index in [1.165, 1.54) is 6.20 Å². The molecule has 134 valence electrons. The van der Waals surface area contributed by atoms with E-state index in [0.29, 0.717) is 38.1 Å². The van der Waals surface area contributed by atoms with E-state index in [-0.39, 0.29) is 18.3 Å². The number of rotatable bonds is 4. The Morgan fingerprint density at radius 1 is 1.19 bits per heavy atom. The summed E-state index contributed by atoms with van der Waals surface area (Å²) in [5, 5.41) is 9.25. The topological polar surface area (TPSA) is 89.0 Å². The van der Waals surface area contributed by atoms with Crippen molar-refractivity contribution in [1.29, 1.82) is 0 Å². The van der Waals surface area contributed by atoms with E-state index in [1.54, 1.807) is 11.1 Å². The van der Waals surface area contributed by atoms with E-state index in [9.17, 15) is 14.7 Å². The van der Waals surface area contributed by atoms with Crippen molar-refractivity contribution in [2.24, 2.45) is 0 Å². The predicted molar refractivity (Wildman–Crippen MR) is 91.2 cm³/mol. The second-order valence-electron chi connectivity index (χ2n) is 6.38. The van der Waals surface area contributed by atoms with Gasteiger partial charge >= 0.3 is 5.97 Å². The Bertz CT molecular complexity index is 880. The van der Waals surface area contributed by atoms with Crippen LogP contribution < -0.4 is 9.47 Å². The first-order chi connectivity index (χ1) is 12.6. The number of ether oxygens (including phenoxy) is 2. The fourth-order valence-electron chi connectivity index (χ4n) is 3.40. The number of hydrogen-bond acceptors (Lipinski definition) is 5. The summed E-state index contributed by atoms with van der Waals surface area (Å²) in [7, 11) is 0. The van der Waals surface area contributed by atoms with E-state index in [4.69, 9.17) is 9.47 Å². The van der Waals surface area contributed by atoms with Crippen molar-refractivity contribution in [1.82, 2.24) is 9.88 Å². The van der Waals surface area contributed by atoms with Gasteiger partial charge in [0.1, 0.15) is 0 Å². The lowest BCUT2D eigenvalue weighted by atomic mass is 9.96. The molecule has 0 unspecified atom stereocenters. The van der Waals surface area contributed by atoms with Crippen LogP contribution in [-0.2, 0) is 24.2 Å². The highest BCUT2D eigenvalue weighted by atomic mass is 16.7. The normalized spacial score (nSPS) is 14.8. The first-order valence-electron chi connectivity index (χ1n) is 8.47. The van der Waals surface area contributed by atoms with Gasteiger partial charge < -0.3 is 19.5 Å². The van der Waals surface area contributed by atoms with Crippen molar-refractivity contribution in [2.45, 2.75) is 25.8 Å². The molecule has 0 saturated carbocycles. The Balaban J connectivity index is 1.40. The molecule has 0 aliphatic carbocycles. The fraction of sp³-hybridized carbons (Fsp3) is 0.316. The first kappa shape index (κ1) is 16.4. The summed E-state index contributed by atoms with van der Waals surface area (Å²) in [6.45, 7) is 1.16. The number of carboxylic acid groups (broad SMARTS) is 1. The van der Waals surface area contributed by atoms with Crippen molar-refractivity contribution < 1.29 is 24.2 Å². The van der Waals surface area contributed by atoms with E-state index in [0.717, 1.165) is 22.4 Å². The maximum Gasteiger partial charge on any atom is 0.337 e. The molecule has 4 rings (SSSR count). The number of aromatic carboxylic acids is 1. The number of pyridine rings is 1. The van der Waals surface area contributed by atoms with E-state index in [1.807, 2.05) is 18.2 Å². The molecule has 1 N–H and O–H groups in total. The Morgan fingerprint density at radius 3 is 2.88 bits per heavy atom. The molecular weight excluding hydrogens is 336 g/mol. The summed E-state index contributed by atoms with van der Waals surface area (Å²) >= 11 is 0. The molecule has 26 heavy (non-hydrogen) atoms. The third-order valence-corrected chi connectivity index (χ3v) is 4.79. The number of carbonyl (C=O) groups excluding carboxylic acids is 1. The number of nitrogens with zero attached hydrogens (tertiary/aromatic N) is 2. The van der Waals surface area contributed by atoms with Crippen LogP contribution in [0.15, 0.2) is 30.6 Å². The van der Waals surface area contributed by atoms with Gasteiger partial charge in [-0.25, -0.2) is 4.79 Å². The van der Waals surface area contributed by atoms with Crippen molar-refractivity contribution in [3.63, 3.8) is 0 Å². The Kier molecular flexibility index (Phi) is 4.20. The minimum absolute atomic E-state index is 0.0500. The molecule has 0 radical (unpaired) electrons. The molecule has 3 heterocycles. The molecule has 7 nitrogen and oxygen atoms in total. The zero-order chi connectivity index (χ0) is 18.1. The van der Waals surface area contributed by atoms with Gasteiger partial charge in [-0.3, -0.25) is 9.78 Å². The summed E-state index contributed by atoms with van der Waals surface area (Å²) in [5.41, 5.74) is 2.85. The second kappa shape index (κ2) is 6.67. The Hall–Kier alpha value is -3.09. The molecule has 0 spiro atoms. The summed E-state index contributed by atoms with van der Waals surface area (Å²) in [6, 6.07) is 5.71. The maximum atomic E-state index is 12.6. The zero-order valence-electron chi connectivity index (χ0n) is 14.1. The minimum atomic E-state index is -0.975. The highest BCUT2D eigenvalue weighted by molar-refractivity contribution is 5.89. The lowest BCUT2D eigenvalue weighted by Gasteiger charge is -2.29. The SMILES string of the molecule is O=C(O)c1cncc2c1CCN(C(=O)CCc1ccc3c(c1)OCO3)C2. The van der Waals surface area contributed by atoms with Crippen molar-refractivity contribution in [3.05, 3.63) is 52.8 Å². The third-order valence-electron chi connectivity index (χ3n) is 4.79. The molecule has 0 saturated heterocycles. The van der Waals surface area contributed by atoms with Crippen molar-refractivity contribution in [3.8, 4) is 11.5 Å². The minimum Gasteiger partial charge on any atom is -0.478 e. The summed E-state index contributed by atoms with van der Waals surface area (Å²) < 4.78 is 10.6. The standard InChI is InChI=1S/C19H18N2O5/c22-18(4-2-12-1-3-16-17(7-12)26-11-25-16)21-6-5-14-13(10-21)8-20-9-15(14)19(23)24/h1,3,7-9H,2,4-6,10-11H2,(H,23,24). The van der Waals surface area contributed by atoms with E-state index >= 15 is 0 Å². The van der Waals surface area contributed by atoms with Crippen LogP contribution in [0.25, 0.3) is 0 Å². The summed E-state index contributed by atoms with van der Waals surface area (Å²) in [5.74, 6) is 0.523. The average molecular weight is 354 g/mol. The van der Waals surface area contributed by atoms with Crippen molar-refractivity contribution in [2.75, 3.05) is 13.3 Å². The number of benzene rings is 1. The number of carbonyl (C=O) groups is 2. The number of fused-ring (bicyclic) bond motifs is 2. The number of hydrogen-bond donors (Lipinski definition) is 1. The monoisotopic (exact) mass is 354 g/mol. The van der Waals surface area contributed by atoms with Gasteiger partial charge in [-0.1, -0.05) is 6.07 Å². The van der Waals surface area contributed by atoms with Gasteiger partial charge in [-0.2, -0.15) is 0 Å². The molecule has 1 aromatic carbocycles. The average Bonchev–Trinajstić information content (AvgIpc) is 3.12. The van der Waals surface area contributed by atoms with Crippen molar-refractivity contribution >= 4 is 11.9 Å². The zero-order valence-corrected chi connectivity index (χ0v) is 14.1. The molecule has 1 aromatic heterocycles. The number of aryl methyl sites for hydroxylation is 1. The number of aromatic nitrogens is 1. The molecule has 0 bridgehead atoms. The van der Waals surface area contributed by atoms with Gasteiger partial charge in [0, 0.05) is 31.9 Å².